The summed E-state index contributed by atoms with van der Waals surface area (Å²) < 4.78 is 0. The Labute approximate surface area is 97.7 Å². The van der Waals surface area contributed by atoms with Crippen molar-refractivity contribution in [1.29, 1.82) is 0 Å². The number of rotatable bonds is 3. The molecule has 0 aliphatic carbocycles. The van der Waals surface area contributed by atoms with Crippen LogP contribution in [0.15, 0.2) is 24.3 Å². The standard InChI is InChI=1S/C14H21NO/c1-11(16)10-12-6-3-4-7-13(12)14(2)8-5-9-15-14/h3-4,6-7,11,15-16H,5,8-10H2,1-2H3. The van der Waals surface area contributed by atoms with Crippen molar-refractivity contribution in [3.8, 4) is 0 Å². The summed E-state index contributed by atoms with van der Waals surface area (Å²) in [6.07, 6.45) is 2.89. The number of aliphatic hydroxyl groups excluding tert-OH is 1. The van der Waals surface area contributed by atoms with Crippen molar-refractivity contribution >= 4 is 0 Å². The maximum Gasteiger partial charge on any atom is 0.0552 e. The first-order valence-corrected chi connectivity index (χ1v) is 6.13. The minimum atomic E-state index is -0.272. The Kier molecular flexibility index (Phi) is 3.31. The molecule has 0 saturated carbocycles. The average molecular weight is 219 g/mol. The molecular formula is C14H21NO. The van der Waals surface area contributed by atoms with Crippen LogP contribution in [0.2, 0.25) is 0 Å². The first-order chi connectivity index (χ1) is 7.62. The molecule has 2 nitrogen and oxygen atoms in total. The molecule has 0 bridgehead atoms. The van der Waals surface area contributed by atoms with Gasteiger partial charge in [-0.1, -0.05) is 24.3 Å². The summed E-state index contributed by atoms with van der Waals surface area (Å²) in [4.78, 5) is 0. The fraction of sp³-hybridized carbons (Fsp3) is 0.571. The van der Waals surface area contributed by atoms with Gasteiger partial charge < -0.3 is 10.4 Å². The van der Waals surface area contributed by atoms with E-state index in [0.717, 1.165) is 13.0 Å². The van der Waals surface area contributed by atoms with Crippen LogP contribution in [0.1, 0.15) is 37.8 Å². The Morgan fingerprint density at radius 3 is 2.81 bits per heavy atom. The lowest BCUT2D eigenvalue weighted by Gasteiger charge is -2.28. The number of aliphatic hydroxyl groups is 1. The van der Waals surface area contributed by atoms with Gasteiger partial charge in [-0.2, -0.15) is 0 Å². The fourth-order valence-electron chi connectivity index (χ4n) is 2.68. The summed E-state index contributed by atoms with van der Waals surface area (Å²) in [5, 5.41) is 13.1. The van der Waals surface area contributed by atoms with Crippen molar-refractivity contribution in [3.05, 3.63) is 35.4 Å². The van der Waals surface area contributed by atoms with Crippen molar-refractivity contribution < 1.29 is 5.11 Å². The number of hydrogen-bond donors (Lipinski definition) is 2. The van der Waals surface area contributed by atoms with E-state index in [1.165, 1.54) is 24.0 Å². The van der Waals surface area contributed by atoms with Gasteiger partial charge in [0.2, 0.25) is 0 Å². The zero-order valence-electron chi connectivity index (χ0n) is 10.2. The third-order valence-electron chi connectivity index (χ3n) is 3.50. The van der Waals surface area contributed by atoms with Gasteiger partial charge >= 0.3 is 0 Å². The molecule has 2 heteroatoms. The molecule has 1 aliphatic rings. The molecule has 2 rings (SSSR count). The maximum atomic E-state index is 9.54. The van der Waals surface area contributed by atoms with Crippen LogP contribution in [0.3, 0.4) is 0 Å². The summed E-state index contributed by atoms with van der Waals surface area (Å²) in [5.41, 5.74) is 2.73. The van der Waals surface area contributed by atoms with Crippen LogP contribution in [-0.4, -0.2) is 17.8 Å². The molecular weight excluding hydrogens is 198 g/mol. The molecule has 1 heterocycles. The molecule has 1 aliphatic heterocycles. The van der Waals surface area contributed by atoms with E-state index in [9.17, 15) is 5.11 Å². The van der Waals surface area contributed by atoms with E-state index in [-0.39, 0.29) is 11.6 Å². The van der Waals surface area contributed by atoms with Gasteiger partial charge in [-0.3, -0.25) is 0 Å². The molecule has 2 unspecified atom stereocenters. The van der Waals surface area contributed by atoms with Crippen LogP contribution in [0.4, 0.5) is 0 Å². The van der Waals surface area contributed by atoms with Gasteiger partial charge in [-0.15, -0.1) is 0 Å². The largest absolute Gasteiger partial charge is 0.393 e. The van der Waals surface area contributed by atoms with Gasteiger partial charge in [-0.25, -0.2) is 0 Å². The molecule has 0 amide bonds. The number of hydrogen-bond acceptors (Lipinski definition) is 2. The van der Waals surface area contributed by atoms with Crippen molar-refractivity contribution in [2.75, 3.05) is 6.54 Å². The molecule has 16 heavy (non-hydrogen) atoms. The first kappa shape index (κ1) is 11.6. The quantitative estimate of drug-likeness (QED) is 0.817. The van der Waals surface area contributed by atoms with E-state index >= 15 is 0 Å². The Balaban J connectivity index is 2.32. The van der Waals surface area contributed by atoms with E-state index in [1.54, 1.807) is 0 Å². The van der Waals surface area contributed by atoms with Gasteiger partial charge in [0.1, 0.15) is 0 Å². The van der Waals surface area contributed by atoms with E-state index in [2.05, 4.69) is 36.5 Å². The van der Waals surface area contributed by atoms with Gasteiger partial charge in [0.25, 0.3) is 0 Å². The van der Waals surface area contributed by atoms with Crippen LogP contribution in [0, 0.1) is 0 Å². The Morgan fingerprint density at radius 1 is 1.44 bits per heavy atom. The van der Waals surface area contributed by atoms with E-state index in [0.29, 0.717) is 0 Å². The van der Waals surface area contributed by atoms with Crippen molar-refractivity contribution in [3.63, 3.8) is 0 Å². The smallest absolute Gasteiger partial charge is 0.0552 e. The zero-order chi connectivity index (χ0) is 11.6. The third-order valence-corrected chi connectivity index (χ3v) is 3.50. The lowest BCUT2D eigenvalue weighted by molar-refractivity contribution is 0.194. The van der Waals surface area contributed by atoms with Crippen LogP contribution in [-0.2, 0) is 12.0 Å². The number of nitrogens with one attached hydrogen (secondary N) is 1. The van der Waals surface area contributed by atoms with Crippen LogP contribution in [0.25, 0.3) is 0 Å². The monoisotopic (exact) mass is 219 g/mol. The predicted molar refractivity (Wildman–Crippen MR) is 66.4 cm³/mol. The maximum absolute atomic E-state index is 9.54. The summed E-state index contributed by atoms with van der Waals surface area (Å²) in [6.45, 7) is 5.21. The second-order valence-corrected chi connectivity index (χ2v) is 5.07. The number of benzene rings is 1. The summed E-state index contributed by atoms with van der Waals surface area (Å²) >= 11 is 0. The highest BCUT2D eigenvalue weighted by Crippen LogP contribution is 2.32. The normalized spacial score (nSPS) is 26.9. The SMILES string of the molecule is CC(O)Cc1ccccc1C1(C)CCCN1. The molecule has 1 aromatic carbocycles. The van der Waals surface area contributed by atoms with Crippen LogP contribution < -0.4 is 5.32 Å². The molecule has 1 fully saturated rings. The van der Waals surface area contributed by atoms with E-state index in [1.807, 2.05) is 6.92 Å². The lowest BCUT2D eigenvalue weighted by atomic mass is 9.85. The Hall–Kier alpha value is -0.860. The highest BCUT2D eigenvalue weighted by molar-refractivity contribution is 5.34. The minimum Gasteiger partial charge on any atom is -0.393 e. The first-order valence-electron chi connectivity index (χ1n) is 6.13. The summed E-state index contributed by atoms with van der Waals surface area (Å²) in [6, 6.07) is 8.47. The fourth-order valence-corrected chi connectivity index (χ4v) is 2.68. The topological polar surface area (TPSA) is 32.3 Å². The van der Waals surface area contributed by atoms with Gasteiger partial charge in [0.15, 0.2) is 0 Å². The summed E-state index contributed by atoms with van der Waals surface area (Å²) in [7, 11) is 0. The molecule has 0 spiro atoms. The summed E-state index contributed by atoms with van der Waals surface area (Å²) in [5.74, 6) is 0. The Bertz CT molecular complexity index is 354. The third kappa shape index (κ3) is 2.28. The van der Waals surface area contributed by atoms with E-state index in [4.69, 9.17) is 0 Å². The molecule has 2 N–H and O–H groups in total. The van der Waals surface area contributed by atoms with Gasteiger partial charge in [0, 0.05) is 5.54 Å². The van der Waals surface area contributed by atoms with Crippen molar-refractivity contribution in [2.45, 2.75) is 44.8 Å². The lowest BCUT2D eigenvalue weighted by Crippen LogP contribution is -2.34. The van der Waals surface area contributed by atoms with Crippen molar-refractivity contribution in [1.82, 2.24) is 5.32 Å². The second kappa shape index (κ2) is 4.56. The van der Waals surface area contributed by atoms with Crippen LogP contribution >= 0.6 is 0 Å². The van der Waals surface area contributed by atoms with Crippen LogP contribution in [0.5, 0.6) is 0 Å². The molecule has 0 aromatic heterocycles. The van der Waals surface area contributed by atoms with Gasteiger partial charge in [0.05, 0.1) is 6.10 Å². The van der Waals surface area contributed by atoms with Gasteiger partial charge in [-0.05, 0) is 50.8 Å². The highest BCUT2D eigenvalue weighted by atomic mass is 16.3. The van der Waals surface area contributed by atoms with Crippen molar-refractivity contribution in [2.24, 2.45) is 0 Å². The Morgan fingerprint density at radius 2 is 2.19 bits per heavy atom. The molecule has 1 aromatic rings. The molecule has 2 atom stereocenters. The highest BCUT2D eigenvalue weighted by Gasteiger charge is 2.31. The molecule has 0 radical (unpaired) electrons. The van der Waals surface area contributed by atoms with E-state index < -0.39 is 0 Å². The predicted octanol–water partition coefficient (Wildman–Crippen LogP) is 2.21. The zero-order valence-corrected chi connectivity index (χ0v) is 10.2. The second-order valence-electron chi connectivity index (χ2n) is 5.07. The minimum absolute atomic E-state index is 0.103. The molecule has 1 saturated heterocycles. The molecule has 88 valence electrons. The average Bonchev–Trinajstić information content (AvgIpc) is 2.66.